The van der Waals surface area contributed by atoms with Crippen molar-refractivity contribution >= 4 is 33.2 Å². The lowest BCUT2D eigenvalue weighted by molar-refractivity contribution is 0.479. The van der Waals surface area contributed by atoms with Crippen LogP contribution < -0.4 is 14.5 Å². The first-order valence-corrected chi connectivity index (χ1v) is 22.3. The molecule has 0 saturated heterocycles. The van der Waals surface area contributed by atoms with Crippen LogP contribution in [0.3, 0.4) is 0 Å². The number of benzene rings is 5. The fraction of sp³-hybridized carbons (Fsp3) is 0.351. The Morgan fingerprint density at radius 2 is 1.15 bits per heavy atom. The van der Waals surface area contributed by atoms with Gasteiger partial charge >= 0.3 is 0 Å². The van der Waals surface area contributed by atoms with E-state index in [2.05, 4.69) is 239 Å². The predicted octanol–water partition coefficient (Wildman–Crippen LogP) is 15.4. The molecule has 0 radical (unpaired) electrons. The highest BCUT2D eigenvalue weighted by Crippen LogP contribution is 2.46. The third-order valence-electron chi connectivity index (χ3n) is 12.7. The molecule has 0 N–H and O–H groups in total. The normalized spacial score (nSPS) is 14.3. The van der Waals surface area contributed by atoms with Crippen LogP contribution in [0.2, 0.25) is 0 Å². The van der Waals surface area contributed by atoms with Crippen molar-refractivity contribution in [2.75, 3.05) is 16.5 Å². The van der Waals surface area contributed by atoms with Gasteiger partial charge in [-0.3, -0.25) is 4.57 Å². The third-order valence-corrected chi connectivity index (χ3v) is 12.7. The lowest BCUT2D eigenvalue weighted by Gasteiger charge is -2.31. The van der Waals surface area contributed by atoms with Gasteiger partial charge in [0.05, 0.1) is 17.7 Å². The van der Waals surface area contributed by atoms with Gasteiger partial charge in [0.15, 0.2) is 0 Å². The molecule has 3 heterocycles. The lowest BCUT2D eigenvalue weighted by Crippen LogP contribution is -2.30. The summed E-state index contributed by atoms with van der Waals surface area (Å²) in [6.45, 7) is 32.9. The van der Waals surface area contributed by atoms with Gasteiger partial charge in [0.25, 0.3) is 0 Å². The fourth-order valence-electron chi connectivity index (χ4n) is 8.84. The number of hydrogen-bond acceptors (Lipinski definition) is 4. The molecule has 320 valence electrons. The fourth-order valence-corrected chi connectivity index (χ4v) is 8.84. The second kappa shape index (κ2) is 15.2. The molecule has 5 heteroatoms. The highest BCUT2D eigenvalue weighted by atomic mass is 16.5. The maximum atomic E-state index is 7.07. The number of nitrogens with zero attached hydrogens (tertiary/aromatic N) is 4. The number of anilines is 2. The number of rotatable bonds is 7. The SMILES string of the molecule is CC(C)(C)C1=CN(c2cc(C(C)(C)C)cc(C(C)(C)C)c2)CN1c1cccc(Oc2cc(C(C)(C)c3ccccc3)c3c4ccccc4n(-c4cc(C(C)(C)C)ccn4)c3c2)c1. The Kier molecular flexibility index (Phi) is 10.5. The van der Waals surface area contributed by atoms with Crippen molar-refractivity contribution in [3.8, 4) is 17.3 Å². The number of aromatic nitrogens is 2. The monoisotopic (exact) mass is 823 g/mol. The van der Waals surface area contributed by atoms with Crippen molar-refractivity contribution in [1.29, 1.82) is 0 Å². The molecular formula is C57H66N4O. The molecule has 5 nitrogen and oxygen atoms in total. The van der Waals surface area contributed by atoms with Gasteiger partial charge < -0.3 is 14.5 Å². The van der Waals surface area contributed by atoms with Crippen molar-refractivity contribution in [2.45, 2.75) is 119 Å². The van der Waals surface area contributed by atoms with E-state index in [0.717, 1.165) is 34.0 Å². The molecule has 1 aliphatic heterocycles. The first-order valence-electron chi connectivity index (χ1n) is 22.3. The van der Waals surface area contributed by atoms with E-state index < -0.39 is 0 Å². The lowest BCUT2D eigenvalue weighted by atomic mass is 9.76. The van der Waals surface area contributed by atoms with Crippen molar-refractivity contribution in [3.63, 3.8) is 0 Å². The molecule has 2 aromatic heterocycles. The van der Waals surface area contributed by atoms with Crippen LogP contribution in [0.25, 0.3) is 27.6 Å². The summed E-state index contributed by atoms with van der Waals surface area (Å²) in [7, 11) is 0. The maximum absolute atomic E-state index is 7.07. The molecule has 1 aliphatic rings. The molecule has 0 spiro atoms. The molecule has 0 amide bonds. The summed E-state index contributed by atoms with van der Waals surface area (Å²) in [6, 6.07) is 44.2. The van der Waals surface area contributed by atoms with Crippen LogP contribution >= 0.6 is 0 Å². The largest absolute Gasteiger partial charge is 0.457 e. The minimum atomic E-state index is -0.348. The Morgan fingerprint density at radius 3 is 1.79 bits per heavy atom. The number of ether oxygens (including phenoxy) is 1. The number of fused-ring (bicyclic) bond motifs is 3. The molecule has 0 fully saturated rings. The molecule has 0 bridgehead atoms. The summed E-state index contributed by atoms with van der Waals surface area (Å²) < 4.78 is 9.39. The highest BCUT2D eigenvalue weighted by molar-refractivity contribution is 6.11. The Bertz CT molecular complexity index is 2780. The van der Waals surface area contributed by atoms with E-state index in [1.807, 2.05) is 6.20 Å². The molecule has 7 aromatic rings. The molecular weight excluding hydrogens is 757 g/mol. The second-order valence-electron chi connectivity index (χ2n) is 22.0. The first kappa shape index (κ1) is 42.9. The summed E-state index contributed by atoms with van der Waals surface area (Å²) in [6.07, 6.45) is 4.30. The molecule has 0 atom stereocenters. The third kappa shape index (κ3) is 8.15. The summed E-state index contributed by atoms with van der Waals surface area (Å²) in [4.78, 5) is 9.88. The molecule has 0 saturated carbocycles. The van der Waals surface area contributed by atoms with E-state index in [1.165, 1.54) is 50.0 Å². The second-order valence-corrected chi connectivity index (χ2v) is 22.0. The number of allylic oxidation sites excluding steroid dienone is 1. The van der Waals surface area contributed by atoms with E-state index in [1.54, 1.807) is 0 Å². The van der Waals surface area contributed by atoms with Crippen molar-refractivity contribution in [2.24, 2.45) is 5.41 Å². The quantitative estimate of drug-likeness (QED) is 0.160. The number of para-hydroxylation sites is 1. The zero-order chi connectivity index (χ0) is 44.6. The Morgan fingerprint density at radius 1 is 0.500 bits per heavy atom. The van der Waals surface area contributed by atoms with Gasteiger partial charge in [-0.2, -0.15) is 0 Å². The maximum Gasteiger partial charge on any atom is 0.137 e. The Labute approximate surface area is 371 Å². The minimum absolute atomic E-state index is 0.0260. The van der Waals surface area contributed by atoms with Crippen LogP contribution in [0, 0.1) is 5.41 Å². The van der Waals surface area contributed by atoms with Gasteiger partial charge in [0.1, 0.15) is 17.3 Å². The van der Waals surface area contributed by atoms with Crippen LogP contribution in [0.5, 0.6) is 11.5 Å². The molecule has 62 heavy (non-hydrogen) atoms. The Balaban J connectivity index is 1.25. The van der Waals surface area contributed by atoms with Crippen molar-refractivity contribution < 1.29 is 4.74 Å². The van der Waals surface area contributed by atoms with Gasteiger partial charge in [-0.1, -0.05) is 158 Å². The standard InChI is InChI=1S/C57H66N4O/c1-53(2,3)39-27-28-58-51(32-39)61-48-26-19-18-25-46(48)52-47(57(13,14)38-21-16-15-17-22-38)34-45(35-49(52)61)62-44-24-20-23-42(33-44)60-37-59(36-50(60)56(10,11)12)43-30-40(54(4,5)6)29-41(31-43)55(7,8)9/h15-36H,37H2,1-14H3. The smallest absolute Gasteiger partial charge is 0.137 e. The summed E-state index contributed by atoms with van der Waals surface area (Å²) >= 11 is 0. The summed E-state index contributed by atoms with van der Waals surface area (Å²) in [5, 5.41) is 2.40. The van der Waals surface area contributed by atoms with Gasteiger partial charge in [-0.05, 0) is 92.6 Å². The van der Waals surface area contributed by atoms with Crippen LogP contribution in [-0.2, 0) is 21.7 Å². The first-order chi connectivity index (χ1) is 29.0. The number of hydrogen-bond donors (Lipinski definition) is 0. The van der Waals surface area contributed by atoms with Crippen LogP contribution in [0.4, 0.5) is 11.4 Å². The van der Waals surface area contributed by atoms with E-state index in [9.17, 15) is 0 Å². The minimum Gasteiger partial charge on any atom is -0.457 e. The topological polar surface area (TPSA) is 33.5 Å². The number of pyridine rings is 1. The average Bonchev–Trinajstić information content (AvgIpc) is 3.81. The van der Waals surface area contributed by atoms with Gasteiger partial charge in [-0.25, -0.2) is 4.98 Å². The molecule has 5 aromatic carbocycles. The molecule has 0 aliphatic carbocycles. The predicted molar refractivity (Wildman–Crippen MR) is 264 cm³/mol. The van der Waals surface area contributed by atoms with Crippen LogP contribution in [0.15, 0.2) is 139 Å². The van der Waals surface area contributed by atoms with E-state index in [-0.39, 0.29) is 27.1 Å². The highest BCUT2D eigenvalue weighted by Gasteiger charge is 2.34. The molecule has 0 unspecified atom stereocenters. The van der Waals surface area contributed by atoms with E-state index in [0.29, 0.717) is 6.67 Å². The zero-order valence-corrected chi connectivity index (χ0v) is 39.6. The van der Waals surface area contributed by atoms with Gasteiger partial charge in [0, 0.05) is 63.2 Å². The van der Waals surface area contributed by atoms with Crippen molar-refractivity contribution in [1.82, 2.24) is 9.55 Å². The van der Waals surface area contributed by atoms with Gasteiger partial charge in [0.2, 0.25) is 0 Å². The zero-order valence-electron chi connectivity index (χ0n) is 39.6. The Hall–Kier alpha value is -5.81. The summed E-state index contributed by atoms with van der Waals surface area (Å²) in [5.74, 6) is 2.47. The van der Waals surface area contributed by atoms with Gasteiger partial charge in [-0.15, -0.1) is 0 Å². The van der Waals surface area contributed by atoms with E-state index in [4.69, 9.17) is 9.72 Å². The molecule has 8 rings (SSSR count). The van der Waals surface area contributed by atoms with Crippen LogP contribution in [-0.4, -0.2) is 16.2 Å². The average molecular weight is 823 g/mol. The van der Waals surface area contributed by atoms with Crippen molar-refractivity contribution in [3.05, 3.63) is 167 Å². The summed E-state index contributed by atoms with van der Waals surface area (Å²) in [5.41, 5.74) is 11.7. The van der Waals surface area contributed by atoms with Crippen LogP contribution in [0.1, 0.15) is 125 Å². The van der Waals surface area contributed by atoms with E-state index >= 15 is 0 Å².